The lowest BCUT2D eigenvalue weighted by atomic mass is 9.88. The molecular weight excluding hydrogens is 362 g/mol. The van der Waals surface area contributed by atoms with Crippen LogP contribution in [0.2, 0.25) is 0 Å². The highest BCUT2D eigenvalue weighted by atomic mass is 16.5. The second-order valence-corrected chi connectivity index (χ2v) is 8.39. The van der Waals surface area contributed by atoms with E-state index in [1.165, 1.54) is 5.56 Å². The summed E-state index contributed by atoms with van der Waals surface area (Å²) in [6.45, 7) is 7.06. The molecule has 2 heterocycles. The third-order valence-corrected chi connectivity index (χ3v) is 5.47. The van der Waals surface area contributed by atoms with Crippen LogP contribution in [0.4, 0.5) is 0 Å². The van der Waals surface area contributed by atoms with Crippen LogP contribution in [0, 0.1) is 11.8 Å². The molecule has 3 rings (SSSR count). The normalized spacial score (nSPS) is 18.4. The number of aromatic nitrogens is 1. The van der Waals surface area contributed by atoms with E-state index in [2.05, 4.69) is 41.2 Å². The number of pyridine rings is 1. The lowest BCUT2D eigenvalue weighted by Crippen LogP contribution is -2.43. The first-order valence-corrected chi connectivity index (χ1v) is 10.6. The van der Waals surface area contributed by atoms with E-state index < -0.39 is 0 Å². The van der Waals surface area contributed by atoms with Crippen molar-refractivity contribution in [2.45, 2.75) is 45.7 Å². The second-order valence-electron chi connectivity index (χ2n) is 8.39. The van der Waals surface area contributed by atoms with Gasteiger partial charge in [0.25, 0.3) is 0 Å². The largest absolute Gasteiger partial charge is 0.497 e. The molecule has 2 aromatic rings. The quantitative estimate of drug-likeness (QED) is 0.728. The van der Waals surface area contributed by atoms with Gasteiger partial charge in [0.05, 0.1) is 18.8 Å². The van der Waals surface area contributed by atoms with E-state index in [1.807, 2.05) is 36.5 Å². The smallest absolute Gasteiger partial charge is 0.220 e. The number of hydrogen-bond acceptors (Lipinski definition) is 4. The van der Waals surface area contributed by atoms with E-state index in [0.29, 0.717) is 18.3 Å². The van der Waals surface area contributed by atoms with E-state index in [9.17, 15) is 4.79 Å². The summed E-state index contributed by atoms with van der Waals surface area (Å²) in [6.07, 6.45) is 4.58. The molecule has 1 aliphatic heterocycles. The fraction of sp³-hybridized carbons (Fsp3) is 0.500. The van der Waals surface area contributed by atoms with Gasteiger partial charge in [0.2, 0.25) is 5.91 Å². The van der Waals surface area contributed by atoms with Gasteiger partial charge in [0, 0.05) is 25.7 Å². The van der Waals surface area contributed by atoms with Gasteiger partial charge < -0.3 is 10.1 Å². The highest BCUT2D eigenvalue weighted by molar-refractivity contribution is 5.76. The predicted octanol–water partition coefficient (Wildman–Crippen LogP) is 4.21. The van der Waals surface area contributed by atoms with Gasteiger partial charge in [0.1, 0.15) is 5.75 Å². The number of carbonyl (C=O) groups excluding carboxylic acids is 1. The molecule has 1 N–H and O–H groups in total. The van der Waals surface area contributed by atoms with Crippen LogP contribution in [0.5, 0.6) is 5.75 Å². The zero-order valence-corrected chi connectivity index (χ0v) is 17.8. The number of piperidine rings is 1. The van der Waals surface area contributed by atoms with Crippen molar-refractivity contribution in [3.63, 3.8) is 0 Å². The van der Waals surface area contributed by atoms with Gasteiger partial charge in [-0.1, -0.05) is 32.0 Å². The minimum Gasteiger partial charge on any atom is -0.497 e. The molecule has 1 aliphatic rings. The topological polar surface area (TPSA) is 54.5 Å². The van der Waals surface area contributed by atoms with Gasteiger partial charge >= 0.3 is 0 Å². The first kappa shape index (κ1) is 21.3. The lowest BCUT2D eigenvalue weighted by Gasteiger charge is -2.37. The van der Waals surface area contributed by atoms with Gasteiger partial charge in [-0.25, -0.2) is 0 Å². The van der Waals surface area contributed by atoms with Crippen molar-refractivity contribution in [1.29, 1.82) is 0 Å². The van der Waals surface area contributed by atoms with Crippen LogP contribution in [-0.4, -0.2) is 36.0 Å². The lowest BCUT2D eigenvalue weighted by molar-refractivity contribution is -0.123. The van der Waals surface area contributed by atoms with Crippen LogP contribution in [-0.2, 0) is 11.3 Å². The van der Waals surface area contributed by atoms with Crippen molar-refractivity contribution in [3.05, 3.63) is 59.9 Å². The Bertz CT molecular complexity index is 779. The Labute approximate surface area is 174 Å². The number of benzene rings is 1. The third kappa shape index (κ3) is 6.29. The molecule has 5 heteroatoms. The third-order valence-electron chi connectivity index (χ3n) is 5.47. The summed E-state index contributed by atoms with van der Waals surface area (Å²) in [4.78, 5) is 19.6. The highest BCUT2D eigenvalue weighted by Gasteiger charge is 2.30. The molecule has 1 fully saturated rings. The van der Waals surface area contributed by atoms with Crippen LogP contribution in [0.25, 0.3) is 0 Å². The van der Waals surface area contributed by atoms with E-state index in [-0.39, 0.29) is 11.9 Å². The number of rotatable bonds is 8. The molecule has 0 aliphatic carbocycles. The van der Waals surface area contributed by atoms with Gasteiger partial charge in [-0.2, -0.15) is 0 Å². The summed E-state index contributed by atoms with van der Waals surface area (Å²) in [5.41, 5.74) is 2.21. The Hall–Kier alpha value is -2.40. The molecule has 1 saturated heterocycles. The number of likely N-dealkylation sites (tertiary alicyclic amines) is 1. The van der Waals surface area contributed by atoms with Gasteiger partial charge in [-0.15, -0.1) is 0 Å². The summed E-state index contributed by atoms with van der Waals surface area (Å²) >= 11 is 0. The van der Waals surface area contributed by atoms with E-state index in [4.69, 9.17) is 4.74 Å². The van der Waals surface area contributed by atoms with Crippen LogP contribution in [0.15, 0.2) is 48.7 Å². The second kappa shape index (κ2) is 10.4. The van der Waals surface area contributed by atoms with Crippen molar-refractivity contribution >= 4 is 5.91 Å². The van der Waals surface area contributed by atoms with Crippen molar-refractivity contribution in [1.82, 2.24) is 15.2 Å². The number of carbonyl (C=O) groups is 1. The molecule has 0 unspecified atom stereocenters. The number of amides is 1. The van der Waals surface area contributed by atoms with Crippen LogP contribution < -0.4 is 10.1 Å². The molecule has 2 atom stereocenters. The van der Waals surface area contributed by atoms with Crippen LogP contribution in [0.1, 0.15) is 50.4 Å². The van der Waals surface area contributed by atoms with Gasteiger partial charge in [-0.3, -0.25) is 14.7 Å². The maximum atomic E-state index is 12.6. The highest BCUT2D eigenvalue weighted by Crippen LogP contribution is 2.30. The monoisotopic (exact) mass is 395 g/mol. The summed E-state index contributed by atoms with van der Waals surface area (Å²) in [5, 5.41) is 3.29. The molecule has 156 valence electrons. The first-order chi connectivity index (χ1) is 14.0. The summed E-state index contributed by atoms with van der Waals surface area (Å²) in [6, 6.07) is 14.2. The van der Waals surface area contributed by atoms with Crippen molar-refractivity contribution < 1.29 is 9.53 Å². The minimum absolute atomic E-state index is 0.0458. The SMILES string of the molecule is COc1cccc(CN2CCC[C@H]([C@H](NC(=O)CC(C)C)c3ccccn3)C2)c1. The minimum atomic E-state index is -0.0458. The Kier molecular flexibility index (Phi) is 7.64. The van der Waals surface area contributed by atoms with E-state index in [1.54, 1.807) is 7.11 Å². The Morgan fingerprint density at radius 1 is 1.28 bits per heavy atom. The molecule has 0 saturated carbocycles. The molecule has 1 amide bonds. The first-order valence-electron chi connectivity index (χ1n) is 10.6. The van der Waals surface area contributed by atoms with Crippen LogP contribution in [0.3, 0.4) is 0 Å². The zero-order chi connectivity index (χ0) is 20.6. The molecule has 0 bridgehead atoms. The maximum absolute atomic E-state index is 12.6. The number of nitrogens with zero attached hydrogens (tertiary/aromatic N) is 2. The standard InChI is InChI=1S/C24H33N3O2/c1-18(2)14-23(28)26-24(22-11-4-5-12-25-22)20-9-7-13-27(17-20)16-19-8-6-10-21(15-19)29-3/h4-6,8,10-12,15,18,20,24H,7,9,13-14,16-17H2,1-3H3,(H,26,28)/t20-,24-/m0/s1. The molecule has 1 aromatic heterocycles. The molecular formula is C24H33N3O2. The fourth-order valence-electron chi connectivity index (χ4n) is 4.13. The average molecular weight is 396 g/mol. The average Bonchev–Trinajstić information content (AvgIpc) is 2.72. The molecule has 5 nitrogen and oxygen atoms in total. The Morgan fingerprint density at radius 3 is 2.86 bits per heavy atom. The molecule has 29 heavy (non-hydrogen) atoms. The zero-order valence-electron chi connectivity index (χ0n) is 17.8. The Balaban J connectivity index is 1.72. The molecule has 0 radical (unpaired) electrons. The molecule has 1 aromatic carbocycles. The number of nitrogens with one attached hydrogen (secondary N) is 1. The number of hydrogen-bond donors (Lipinski definition) is 1. The van der Waals surface area contributed by atoms with Gasteiger partial charge in [0.15, 0.2) is 0 Å². The van der Waals surface area contributed by atoms with Crippen molar-refractivity contribution in [2.75, 3.05) is 20.2 Å². The number of ether oxygens (including phenoxy) is 1. The van der Waals surface area contributed by atoms with Crippen molar-refractivity contribution in [2.24, 2.45) is 11.8 Å². The summed E-state index contributed by atoms with van der Waals surface area (Å²) in [5.74, 6) is 1.69. The molecule has 0 spiro atoms. The van der Waals surface area contributed by atoms with Crippen molar-refractivity contribution in [3.8, 4) is 5.75 Å². The van der Waals surface area contributed by atoms with Crippen LogP contribution >= 0.6 is 0 Å². The summed E-state index contributed by atoms with van der Waals surface area (Å²) < 4.78 is 5.36. The Morgan fingerprint density at radius 2 is 2.14 bits per heavy atom. The van der Waals surface area contributed by atoms with E-state index >= 15 is 0 Å². The fourth-order valence-corrected chi connectivity index (χ4v) is 4.13. The number of methoxy groups -OCH3 is 1. The van der Waals surface area contributed by atoms with E-state index in [0.717, 1.165) is 43.9 Å². The summed E-state index contributed by atoms with van der Waals surface area (Å²) in [7, 11) is 1.70. The van der Waals surface area contributed by atoms with Gasteiger partial charge in [-0.05, 0) is 61.1 Å². The maximum Gasteiger partial charge on any atom is 0.220 e. The predicted molar refractivity (Wildman–Crippen MR) is 116 cm³/mol.